The van der Waals surface area contributed by atoms with Gasteiger partial charge in [0.1, 0.15) is 5.75 Å². The lowest BCUT2D eigenvalue weighted by molar-refractivity contribution is -0.142. The molecule has 2 N–H and O–H groups in total. The fourth-order valence-electron chi connectivity index (χ4n) is 7.76. The van der Waals surface area contributed by atoms with Crippen LogP contribution in [0.1, 0.15) is 125 Å². The minimum atomic E-state index is -0.715. The van der Waals surface area contributed by atoms with E-state index < -0.39 is 5.97 Å². The second-order valence-corrected chi connectivity index (χ2v) is 14.5. The smallest absolute Gasteiger partial charge is 0.306 e. The van der Waals surface area contributed by atoms with E-state index in [9.17, 15) is 14.7 Å². The molecule has 6 heteroatoms. The summed E-state index contributed by atoms with van der Waals surface area (Å²) in [4.78, 5) is 25.2. The van der Waals surface area contributed by atoms with Crippen molar-refractivity contribution < 1.29 is 19.4 Å². The summed E-state index contributed by atoms with van der Waals surface area (Å²) in [5.74, 6) is 0.706. The van der Waals surface area contributed by atoms with Gasteiger partial charge in [-0.05, 0) is 99.8 Å². The number of ether oxygens (including phenoxy) is 1. The number of hydrogen-bond acceptors (Lipinski definition) is 3. The van der Waals surface area contributed by atoms with Gasteiger partial charge in [-0.2, -0.15) is 0 Å². The maximum absolute atomic E-state index is 13.7. The molecule has 222 valence electrons. The highest BCUT2D eigenvalue weighted by Crippen LogP contribution is 2.58. The van der Waals surface area contributed by atoms with Crippen molar-refractivity contribution in [3.63, 3.8) is 0 Å². The number of nitrogens with one attached hydrogen (secondary N) is 1. The molecule has 1 amide bonds. The SMILES string of the molecule is Cc1c(C(=O)N[C@H]2CC[C@@H](C(=O)O)CC2)cc(-c2cc(C(C)(C)C)c3c(c2)C2(CCO3)CC2)n1CC1CCCCC1. The third kappa shape index (κ3) is 5.56. The van der Waals surface area contributed by atoms with Gasteiger partial charge in [-0.15, -0.1) is 0 Å². The van der Waals surface area contributed by atoms with Gasteiger partial charge in [0.2, 0.25) is 0 Å². The van der Waals surface area contributed by atoms with E-state index in [-0.39, 0.29) is 28.7 Å². The number of amides is 1. The third-order valence-electron chi connectivity index (χ3n) is 10.6. The first-order valence-corrected chi connectivity index (χ1v) is 16.1. The first-order chi connectivity index (χ1) is 19.6. The Bertz CT molecular complexity index is 1300. The molecule has 3 aliphatic carbocycles. The van der Waals surface area contributed by atoms with Gasteiger partial charge in [0.05, 0.1) is 18.1 Å². The molecule has 1 aromatic carbocycles. The normalized spacial score (nSPS) is 24.0. The number of rotatable bonds is 6. The van der Waals surface area contributed by atoms with Crippen molar-refractivity contribution in [3.8, 4) is 17.0 Å². The summed E-state index contributed by atoms with van der Waals surface area (Å²) in [6.45, 7) is 10.7. The summed E-state index contributed by atoms with van der Waals surface area (Å²) in [6.07, 6.45) is 12.7. The zero-order chi connectivity index (χ0) is 28.9. The summed E-state index contributed by atoms with van der Waals surface area (Å²) in [5.41, 5.74) is 6.97. The molecule has 6 nitrogen and oxygen atoms in total. The largest absolute Gasteiger partial charge is 0.493 e. The number of carboxylic acid groups (broad SMARTS) is 1. The highest BCUT2D eigenvalue weighted by Gasteiger charge is 2.49. The average Bonchev–Trinajstić information content (AvgIpc) is 3.64. The minimum Gasteiger partial charge on any atom is -0.493 e. The maximum Gasteiger partial charge on any atom is 0.306 e. The van der Waals surface area contributed by atoms with Gasteiger partial charge in [0.25, 0.3) is 5.91 Å². The number of aromatic nitrogens is 1. The first kappa shape index (κ1) is 28.4. The van der Waals surface area contributed by atoms with Crippen molar-refractivity contribution in [3.05, 3.63) is 40.6 Å². The molecule has 0 radical (unpaired) electrons. The standard InChI is InChI=1S/C35H48N2O4/c1-22-27(32(38)36-26-12-10-24(11-13-26)33(39)40)20-30(37(22)21-23-8-6-5-7-9-23)25-18-28(34(2,3)4)31-29(19-25)35(14-15-35)16-17-41-31/h18-20,23-24,26H,5-17,21H2,1-4H3,(H,36,38)(H,39,40)/t24-,26+. The Kier molecular flexibility index (Phi) is 7.48. The Morgan fingerprint density at radius 1 is 1.00 bits per heavy atom. The van der Waals surface area contributed by atoms with E-state index in [1.807, 2.05) is 0 Å². The molecule has 0 unspecified atom stereocenters. The number of carboxylic acids is 1. The topological polar surface area (TPSA) is 80.6 Å². The molecule has 0 saturated heterocycles. The molecule has 6 rings (SSSR count). The van der Waals surface area contributed by atoms with Crippen LogP contribution < -0.4 is 10.1 Å². The highest BCUT2D eigenvalue weighted by atomic mass is 16.5. The van der Waals surface area contributed by atoms with E-state index in [0.29, 0.717) is 18.8 Å². The number of aliphatic carboxylic acids is 1. The Hall–Kier alpha value is -2.76. The number of fused-ring (bicyclic) bond motifs is 2. The van der Waals surface area contributed by atoms with Gasteiger partial charge in [0.15, 0.2) is 0 Å². The fraction of sp³-hybridized carbons (Fsp3) is 0.657. The highest BCUT2D eigenvalue weighted by molar-refractivity contribution is 5.97. The van der Waals surface area contributed by atoms with Crippen LogP contribution in [0.3, 0.4) is 0 Å². The molecule has 2 heterocycles. The lowest BCUT2D eigenvalue weighted by Crippen LogP contribution is -2.38. The maximum atomic E-state index is 13.7. The van der Waals surface area contributed by atoms with Gasteiger partial charge >= 0.3 is 5.97 Å². The molecular formula is C35H48N2O4. The summed E-state index contributed by atoms with van der Waals surface area (Å²) in [5, 5.41) is 12.7. The number of carbonyl (C=O) groups excluding carboxylic acids is 1. The summed E-state index contributed by atoms with van der Waals surface area (Å²) < 4.78 is 8.80. The van der Waals surface area contributed by atoms with Gasteiger partial charge < -0.3 is 19.7 Å². The van der Waals surface area contributed by atoms with Gasteiger partial charge in [-0.3, -0.25) is 9.59 Å². The fourth-order valence-corrected chi connectivity index (χ4v) is 7.76. The zero-order valence-electron chi connectivity index (χ0n) is 25.5. The van der Waals surface area contributed by atoms with Gasteiger partial charge in [-0.1, -0.05) is 40.0 Å². The monoisotopic (exact) mass is 560 g/mol. The molecule has 41 heavy (non-hydrogen) atoms. The van der Waals surface area contributed by atoms with E-state index in [2.05, 4.69) is 55.8 Å². The van der Waals surface area contributed by atoms with Crippen LogP contribution in [0.25, 0.3) is 11.3 Å². The number of carbonyl (C=O) groups is 2. The molecular weight excluding hydrogens is 512 g/mol. The second kappa shape index (κ2) is 10.8. The summed E-state index contributed by atoms with van der Waals surface area (Å²) in [6, 6.07) is 6.89. The quantitative estimate of drug-likeness (QED) is 0.383. The van der Waals surface area contributed by atoms with Crippen LogP contribution in [0.5, 0.6) is 5.75 Å². The van der Waals surface area contributed by atoms with Crippen molar-refractivity contribution in [2.45, 2.75) is 128 Å². The number of hydrogen-bond donors (Lipinski definition) is 2. The van der Waals surface area contributed by atoms with Crippen LogP contribution in [0.15, 0.2) is 18.2 Å². The number of benzene rings is 1. The second-order valence-electron chi connectivity index (χ2n) is 14.5. The minimum absolute atomic E-state index is 0.0269. The predicted molar refractivity (Wildman–Crippen MR) is 162 cm³/mol. The van der Waals surface area contributed by atoms with E-state index in [1.165, 1.54) is 61.6 Å². The predicted octanol–water partition coefficient (Wildman–Crippen LogP) is 7.53. The van der Waals surface area contributed by atoms with Crippen molar-refractivity contribution >= 4 is 11.9 Å². The van der Waals surface area contributed by atoms with Crippen LogP contribution in [-0.4, -0.2) is 34.2 Å². The summed E-state index contributed by atoms with van der Waals surface area (Å²) in [7, 11) is 0. The van der Waals surface area contributed by atoms with Crippen molar-refractivity contribution in [2.24, 2.45) is 11.8 Å². The molecule has 2 aromatic rings. The Morgan fingerprint density at radius 2 is 1.71 bits per heavy atom. The van der Waals surface area contributed by atoms with Gasteiger partial charge in [0, 0.05) is 40.5 Å². The lowest BCUT2D eigenvalue weighted by Gasteiger charge is -2.33. The first-order valence-electron chi connectivity index (χ1n) is 16.1. The van der Waals surface area contributed by atoms with Crippen LogP contribution in [-0.2, 0) is 22.2 Å². The Morgan fingerprint density at radius 3 is 2.34 bits per heavy atom. The summed E-state index contributed by atoms with van der Waals surface area (Å²) >= 11 is 0. The number of nitrogens with zero attached hydrogens (tertiary/aromatic N) is 1. The average molecular weight is 561 g/mol. The lowest BCUT2D eigenvalue weighted by atomic mass is 9.79. The van der Waals surface area contributed by atoms with E-state index in [4.69, 9.17) is 4.74 Å². The van der Waals surface area contributed by atoms with E-state index in [1.54, 1.807) is 0 Å². The van der Waals surface area contributed by atoms with Crippen LogP contribution in [0, 0.1) is 18.8 Å². The van der Waals surface area contributed by atoms with Crippen LogP contribution >= 0.6 is 0 Å². The molecule has 0 bridgehead atoms. The third-order valence-corrected chi connectivity index (χ3v) is 10.6. The Labute approximate surface area is 245 Å². The van der Waals surface area contributed by atoms with Gasteiger partial charge in [-0.25, -0.2) is 0 Å². The molecule has 3 fully saturated rings. The molecule has 0 atom stereocenters. The van der Waals surface area contributed by atoms with Crippen molar-refractivity contribution in [1.82, 2.24) is 9.88 Å². The van der Waals surface area contributed by atoms with Crippen molar-refractivity contribution in [2.75, 3.05) is 6.61 Å². The molecule has 1 spiro atoms. The van der Waals surface area contributed by atoms with Crippen molar-refractivity contribution in [1.29, 1.82) is 0 Å². The van der Waals surface area contributed by atoms with Crippen LogP contribution in [0.4, 0.5) is 0 Å². The molecule has 1 aliphatic heterocycles. The zero-order valence-corrected chi connectivity index (χ0v) is 25.5. The van der Waals surface area contributed by atoms with E-state index >= 15 is 0 Å². The molecule has 4 aliphatic rings. The van der Waals surface area contributed by atoms with Crippen LogP contribution in [0.2, 0.25) is 0 Å². The van der Waals surface area contributed by atoms with E-state index in [0.717, 1.165) is 55.1 Å². The molecule has 3 saturated carbocycles. The Balaban J connectivity index is 1.38. The molecule has 1 aromatic heterocycles.